The van der Waals surface area contributed by atoms with E-state index in [-0.39, 0.29) is 17.7 Å². The fourth-order valence-corrected chi connectivity index (χ4v) is 4.72. The average molecular weight is 507 g/mol. The van der Waals surface area contributed by atoms with Crippen molar-refractivity contribution in [3.05, 3.63) is 51.1 Å². The lowest BCUT2D eigenvalue weighted by atomic mass is 10.1. The van der Waals surface area contributed by atoms with Gasteiger partial charge < -0.3 is 14.5 Å². The van der Waals surface area contributed by atoms with E-state index in [2.05, 4.69) is 10.00 Å². The summed E-state index contributed by atoms with van der Waals surface area (Å²) in [6.07, 6.45) is 1.54. The number of hydrogen-bond donors (Lipinski definition) is 0. The summed E-state index contributed by atoms with van der Waals surface area (Å²) in [4.78, 5) is 16.7. The van der Waals surface area contributed by atoms with Gasteiger partial charge in [-0.25, -0.2) is 4.68 Å². The van der Waals surface area contributed by atoms with Gasteiger partial charge in [-0.2, -0.15) is 18.3 Å². The van der Waals surface area contributed by atoms with Crippen molar-refractivity contribution >= 4 is 29.1 Å². The number of nitrogens with zero attached hydrogens (tertiary/aromatic N) is 4. The Hall–Kier alpha value is -2.13. The van der Waals surface area contributed by atoms with Gasteiger partial charge in [-0.1, -0.05) is 43.1 Å². The topological polar surface area (TPSA) is 50.6 Å². The van der Waals surface area contributed by atoms with E-state index in [1.807, 2.05) is 19.1 Å². The molecule has 11 heteroatoms. The van der Waals surface area contributed by atoms with Crippen LogP contribution in [0.3, 0.4) is 0 Å². The molecule has 2 heterocycles. The van der Waals surface area contributed by atoms with E-state index in [0.717, 1.165) is 5.70 Å². The lowest BCUT2D eigenvalue weighted by Gasteiger charge is -2.42. The molecule has 1 unspecified atom stereocenters. The van der Waals surface area contributed by atoms with E-state index in [9.17, 15) is 18.0 Å². The van der Waals surface area contributed by atoms with Crippen LogP contribution in [0.15, 0.2) is 34.7 Å². The molecule has 2 aliphatic rings. The molecule has 33 heavy (non-hydrogen) atoms. The van der Waals surface area contributed by atoms with E-state index in [0.29, 0.717) is 41.5 Å². The maximum atomic E-state index is 13.6. The van der Waals surface area contributed by atoms with Crippen LogP contribution in [0, 0.1) is 0 Å². The fourth-order valence-electron chi connectivity index (χ4n) is 4.04. The summed E-state index contributed by atoms with van der Waals surface area (Å²) in [5.74, 6) is -0.181. The van der Waals surface area contributed by atoms with Crippen LogP contribution in [0.25, 0.3) is 0 Å². The molecule has 0 N–H and O–H groups in total. The summed E-state index contributed by atoms with van der Waals surface area (Å²) in [5, 5.41) is 4.08. The standard InChI is InChI=1S/C22H27Cl2F3N4O2/c1-13(2)20-19(24)21(22(25,26)27)31(28-20)12-18(32)30-9-8-29(11-14(30)3)15-6-5-7-16(23)17(10-15)33-4/h5,7,10,13-14H,6,8-9,11-12H2,1-4H3. The van der Waals surface area contributed by atoms with Crippen LogP contribution in [-0.4, -0.2) is 58.3 Å². The Bertz CT molecular complexity index is 998. The van der Waals surface area contributed by atoms with E-state index < -0.39 is 29.3 Å². The Morgan fingerprint density at radius 2 is 2.00 bits per heavy atom. The number of alkyl halides is 3. The number of piperazine rings is 1. The van der Waals surface area contributed by atoms with Crippen molar-refractivity contribution in [1.29, 1.82) is 0 Å². The molecule has 1 aliphatic carbocycles. The highest BCUT2D eigenvalue weighted by molar-refractivity contribution is 6.32. The second-order valence-electron chi connectivity index (χ2n) is 8.40. The monoisotopic (exact) mass is 506 g/mol. The summed E-state index contributed by atoms with van der Waals surface area (Å²) in [7, 11) is 1.55. The van der Waals surface area contributed by atoms with Crippen molar-refractivity contribution in [1.82, 2.24) is 19.6 Å². The molecule has 1 atom stereocenters. The molecule has 3 rings (SSSR count). The molecule has 182 valence electrons. The lowest BCUT2D eigenvalue weighted by Crippen LogP contribution is -2.54. The zero-order valence-electron chi connectivity index (χ0n) is 18.9. The average Bonchev–Trinajstić information content (AvgIpc) is 2.94. The van der Waals surface area contributed by atoms with Gasteiger partial charge in [0.1, 0.15) is 12.3 Å². The van der Waals surface area contributed by atoms with Crippen LogP contribution in [0.1, 0.15) is 44.5 Å². The summed E-state index contributed by atoms with van der Waals surface area (Å²) in [5.41, 5.74) is 0.0415. The molecule has 0 saturated carbocycles. The normalized spacial score (nSPS) is 19.8. The van der Waals surface area contributed by atoms with Gasteiger partial charge in [-0.15, -0.1) is 0 Å². The smallest absolute Gasteiger partial charge is 0.434 e. The number of hydrogen-bond acceptors (Lipinski definition) is 4. The fraction of sp³-hybridized carbons (Fsp3) is 0.545. The molecule has 1 aliphatic heterocycles. The molecule has 6 nitrogen and oxygen atoms in total. The van der Waals surface area contributed by atoms with E-state index in [1.165, 1.54) is 0 Å². The Morgan fingerprint density at radius 3 is 2.58 bits per heavy atom. The first kappa shape index (κ1) is 25.5. The molecular weight excluding hydrogens is 480 g/mol. The second-order valence-corrected chi connectivity index (χ2v) is 9.18. The van der Waals surface area contributed by atoms with E-state index >= 15 is 0 Å². The maximum absolute atomic E-state index is 13.6. The molecule has 1 aromatic heterocycles. The molecule has 1 amide bonds. The van der Waals surface area contributed by atoms with Gasteiger partial charge in [0.05, 0.1) is 22.9 Å². The third-order valence-electron chi connectivity index (χ3n) is 5.72. The summed E-state index contributed by atoms with van der Waals surface area (Å²) in [6.45, 7) is 6.19. The minimum Gasteiger partial charge on any atom is -0.495 e. The Kier molecular flexibility index (Phi) is 7.73. The lowest BCUT2D eigenvalue weighted by molar-refractivity contribution is -0.146. The van der Waals surface area contributed by atoms with Gasteiger partial charge in [-0.3, -0.25) is 4.79 Å². The molecule has 1 fully saturated rings. The van der Waals surface area contributed by atoms with Crippen molar-refractivity contribution < 1.29 is 22.7 Å². The van der Waals surface area contributed by atoms with Gasteiger partial charge in [0, 0.05) is 43.9 Å². The third kappa shape index (κ3) is 5.51. The van der Waals surface area contributed by atoms with Gasteiger partial charge in [0.15, 0.2) is 5.69 Å². The number of ether oxygens (including phenoxy) is 1. The van der Waals surface area contributed by atoms with Crippen LogP contribution in [0.4, 0.5) is 13.2 Å². The Balaban J connectivity index is 1.75. The molecule has 0 radical (unpaired) electrons. The third-order valence-corrected chi connectivity index (χ3v) is 6.40. The highest BCUT2D eigenvalue weighted by atomic mass is 35.5. The quantitative estimate of drug-likeness (QED) is 0.553. The zero-order chi connectivity index (χ0) is 24.5. The largest absolute Gasteiger partial charge is 0.495 e. The maximum Gasteiger partial charge on any atom is 0.434 e. The number of halogens is 5. The van der Waals surface area contributed by atoms with Crippen LogP contribution < -0.4 is 0 Å². The minimum atomic E-state index is -4.71. The van der Waals surface area contributed by atoms with Crippen LogP contribution in [0.5, 0.6) is 0 Å². The van der Waals surface area contributed by atoms with Crippen LogP contribution >= 0.6 is 23.2 Å². The molecule has 0 aromatic carbocycles. The first-order valence-corrected chi connectivity index (χ1v) is 11.4. The highest BCUT2D eigenvalue weighted by Crippen LogP contribution is 2.38. The van der Waals surface area contributed by atoms with Crippen molar-refractivity contribution in [2.75, 3.05) is 26.7 Å². The summed E-state index contributed by atoms with van der Waals surface area (Å²) >= 11 is 12.2. The number of allylic oxidation sites excluding steroid dienone is 4. The number of methoxy groups -OCH3 is 1. The molecule has 0 spiro atoms. The predicted molar refractivity (Wildman–Crippen MR) is 121 cm³/mol. The molecular formula is C22H27Cl2F3N4O2. The van der Waals surface area contributed by atoms with Gasteiger partial charge >= 0.3 is 6.18 Å². The van der Waals surface area contributed by atoms with Crippen molar-refractivity contribution in [2.45, 2.75) is 51.9 Å². The van der Waals surface area contributed by atoms with Gasteiger partial charge in [0.2, 0.25) is 5.91 Å². The first-order valence-electron chi connectivity index (χ1n) is 10.6. The minimum absolute atomic E-state index is 0.128. The molecule has 1 aromatic rings. The summed E-state index contributed by atoms with van der Waals surface area (Å²) < 4.78 is 46.9. The highest BCUT2D eigenvalue weighted by Gasteiger charge is 2.41. The predicted octanol–water partition coefficient (Wildman–Crippen LogP) is 5.15. The van der Waals surface area contributed by atoms with Gasteiger partial charge in [0.25, 0.3) is 0 Å². The number of amides is 1. The number of carbonyl (C=O) groups is 1. The first-order chi connectivity index (χ1) is 15.4. The molecule has 0 bridgehead atoms. The van der Waals surface area contributed by atoms with Crippen LogP contribution in [-0.2, 0) is 22.3 Å². The van der Waals surface area contributed by atoms with Crippen molar-refractivity contribution in [3.8, 4) is 0 Å². The van der Waals surface area contributed by atoms with Gasteiger partial charge in [-0.05, 0) is 18.9 Å². The van der Waals surface area contributed by atoms with E-state index in [4.69, 9.17) is 27.9 Å². The number of rotatable bonds is 5. The zero-order valence-corrected chi connectivity index (χ0v) is 20.4. The van der Waals surface area contributed by atoms with E-state index in [1.54, 1.807) is 31.9 Å². The molecule has 1 saturated heterocycles. The number of aromatic nitrogens is 2. The SMILES string of the molecule is COC1=C(Cl)C=CCC(N2CCN(C(=O)Cn3nc(C(C)C)c(Cl)c3C(F)(F)F)C(C)C2)=C1. The number of carbonyl (C=O) groups excluding carboxylic acids is 1. The Morgan fingerprint density at radius 1 is 1.30 bits per heavy atom. The second kappa shape index (κ2) is 10.0. The summed E-state index contributed by atoms with van der Waals surface area (Å²) in [6, 6.07) is -0.213. The van der Waals surface area contributed by atoms with Crippen molar-refractivity contribution in [3.63, 3.8) is 0 Å². The van der Waals surface area contributed by atoms with Crippen molar-refractivity contribution in [2.24, 2.45) is 0 Å². The van der Waals surface area contributed by atoms with Crippen LogP contribution in [0.2, 0.25) is 5.02 Å². The Labute approximate surface area is 201 Å².